The van der Waals surface area contributed by atoms with Crippen molar-refractivity contribution in [1.29, 1.82) is 0 Å². The van der Waals surface area contributed by atoms with Crippen molar-refractivity contribution in [2.45, 2.75) is 18.6 Å². The van der Waals surface area contributed by atoms with Crippen LogP contribution in [0.15, 0.2) is 0 Å². The minimum absolute atomic E-state index is 0. The van der Waals surface area contributed by atoms with Crippen molar-refractivity contribution >= 4 is 30.7 Å². The zero-order valence-corrected chi connectivity index (χ0v) is 11.2. The van der Waals surface area contributed by atoms with Gasteiger partial charge < -0.3 is 20.6 Å². The molecule has 98 valence electrons. The summed E-state index contributed by atoms with van der Waals surface area (Å²) < 4.78 is 0. The number of aliphatic hydroxyl groups is 1. The molecule has 0 radical (unpaired) electrons. The molecule has 0 saturated carbocycles. The van der Waals surface area contributed by atoms with E-state index in [4.69, 9.17) is 0 Å². The van der Waals surface area contributed by atoms with E-state index in [-0.39, 0.29) is 42.9 Å². The Kier molecular flexibility index (Phi) is 10.3. The molecule has 5 nitrogen and oxygen atoms in total. The average Bonchev–Trinajstić information content (AvgIpc) is 2.51. The van der Waals surface area contributed by atoms with Gasteiger partial charge in [0.15, 0.2) is 0 Å². The Morgan fingerprint density at radius 3 is 2.56 bits per heavy atom. The topological polar surface area (TPSA) is 64.6 Å². The number of hydrogen-bond donors (Lipinski definition) is 3. The molecular weight excluding hydrogens is 253 g/mol. The van der Waals surface area contributed by atoms with Gasteiger partial charge in [0.1, 0.15) is 0 Å². The van der Waals surface area contributed by atoms with Crippen LogP contribution in [0.1, 0.15) is 6.42 Å². The van der Waals surface area contributed by atoms with Crippen LogP contribution in [-0.4, -0.2) is 61.8 Å². The Morgan fingerprint density at radius 2 is 2.12 bits per heavy atom. The van der Waals surface area contributed by atoms with E-state index >= 15 is 0 Å². The van der Waals surface area contributed by atoms with E-state index in [1.807, 2.05) is 19.0 Å². The summed E-state index contributed by atoms with van der Waals surface area (Å²) in [5.41, 5.74) is 0. The number of hydrogen-bond acceptors (Lipinski definition) is 4. The highest BCUT2D eigenvalue weighted by molar-refractivity contribution is 5.85. The predicted molar refractivity (Wildman–Crippen MR) is 68.5 cm³/mol. The molecule has 0 bridgehead atoms. The third kappa shape index (κ3) is 6.50. The quantitative estimate of drug-likeness (QED) is 0.630. The summed E-state index contributed by atoms with van der Waals surface area (Å²) in [6, 6.07) is -0.216. The van der Waals surface area contributed by atoms with E-state index < -0.39 is 0 Å². The molecule has 0 aliphatic carbocycles. The number of rotatable bonds is 4. The van der Waals surface area contributed by atoms with Crippen LogP contribution in [0.2, 0.25) is 0 Å². The first kappa shape index (κ1) is 18.3. The molecule has 0 aromatic rings. The Balaban J connectivity index is 0. The number of aliphatic hydroxyl groups excluding tert-OH is 1. The van der Waals surface area contributed by atoms with E-state index in [0.717, 1.165) is 6.54 Å². The fraction of sp³-hybridized carbons (Fsp3) is 0.889. The number of carbonyl (C=O) groups excluding carboxylic acids is 1. The second kappa shape index (κ2) is 9.01. The van der Waals surface area contributed by atoms with Crippen LogP contribution in [-0.2, 0) is 4.79 Å². The van der Waals surface area contributed by atoms with Crippen molar-refractivity contribution in [2.75, 3.05) is 33.7 Å². The zero-order valence-electron chi connectivity index (χ0n) is 9.60. The number of β-amino-alcohol motifs (C(OH)–C–C–N with tert-alkyl or cyclic N) is 1. The first-order valence-corrected chi connectivity index (χ1v) is 4.93. The number of halogens is 2. The highest BCUT2D eigenvalue weighted by Crippen LogP contribution is 2.05. The molecule has 1 aliphatic rings. The van der Waals surface area contributed by atoms with Gasteiger partial charge in [-0.25, -0.2) is 0 Å². The third-order valence-corrected chi connectivity index (χ3v) is 2.28. The molecule has 1 saturated heterocycles. The monoisotopic (exact) mass is 273 g/mol. The van der Waals surface area contributed by atoms with Gasteiger partial charge in [-0.15, -0.1) is 24.8 Å². The van der Waals surface area contributed by atoms with Gasteiger partial charge in [0.2, 0.25) is 5.91 Å². The lowest BCUT2D eigenvalue weighted by Crippen LogP contribution is -2.42. The van der Waals surface area contributed by atoms with E-state index in [9.17, 15) is 9.90 Å². The molecule has 16 heavy (non-hydrogen) atoms. The van der Waals surface area contributed by atoms with Gasteiger partial charge in [0, 0.05) is 19.6 Å². The van der Waals surface area contributed by atoms with Crippen molar-refractivity contribution in [3.63, 3.8) is 0 Å². The maximum atomic E-state index is 11.5. The van der Waals surface area contributed by atoms with Crippen LogP contribution in [0, 0.1) is 0 Å². The van der Waals surface area contributed by atoms with Crippen molar-refractivity contribution in [1.82, 2.24) is 15.5 Å². The van der Waals surface area contributed by atoms with Gasteiger partial charge in [0.05, 0.1) is 12.1 Å². The van der Waals surface area contributed by atoms with E-state index in [0.29, 0.717) is 19.5 Å². The Hall–Kier alpha value is -0.0700. The summed E-state index contributed by atoms with van der Waals surface area (Å²) in [4.78, 5) is 13.5. The minimum atomic E-state index is -0.375. The molecule has 1 heterocycles. The summed E-state index contributed by atoms with van der Waals surface area (Å²) in [5.74, 6) is -0.0107. The number of likely N-dealkylation sites (N-methyl/N-ethyl adjacent to an activating group) is 1. The molecule has 0 aromatic heterocycles. The molecule has 1 amide bonds. The van der Waals surface area contributed by atoms with Crippen LogP contribution in [0.3, 0.4) is 0 Å². The standard InChI is InChI=1S/C9H19N3O2.2ClH/c1-12(2)4-3-10-9(14)8-5-7(13)6-11-8;;/h7-8,11,13H,3-6H2,1-2H3,(H,10,14);2*1H. The number of carbonyl (C=O) groups is 1. The predicted octanol–water partition coefficient (Wildman–Crippen LogP) is -0.769. The SMILES string of the molecule is CN(C)CCNC(=O)C1CC(O)CN1.Cl.Cl. The number of nitrogens with zero attached hydrogens (tertiary/aromatic N) is 1. The van der Waals surface area contributed by atoms with Crippen molar-refractivity contribution in [2.24, 2.45) is 0 Å². The molecule has 2 unspecified atom stereocenters. The average molecular weight is 274 g/mol. The van der Waals surface area contributed by atoms with Crippen LogP contribution >= 0.6 is 24.8 Å². The Morgan fingerprint density at radius 1 is 1.50 bits per heavy atom. The molecule has 1 rings (SSSR count). The van der Waals surface area contributed by atoms with Crippen molar-refractivity contribution < 1.29 is 9.90 Å². The molecular formula is C9H21Cl2N3O2. The van der Waals surface area contributed by atoms with Crippen LogP contribution in [0.4, 0.5) is 0 Å². The molecule has 0 aromatic carbocycles. The maximum absolute atomic E-state index is 11.5. The first-order chi connectivity index (χ1) is 6.59. The van der Waals surface area contributed by atoms with E-state index in [1.54, 1.807) is 0 Å². The number of nitrogens with one attached hydrogen (secondary N) is 2. The van der Waals surface area contributed by atoms with E-state index in [1.165, 1.54) is 0 Å². The molecule has 7 heteroatoms. The second-order valence-corrected chi connectivity index (χ2v) is 3.94. The lowest BCUT2D eigenvalue weighted by Gasteiger charge is -2.13. The normalized spacial score (nSPS) is 23.5. The molecule has 3 N–H and O–H groups in total. The third-order valence-electron chi connectivity index (χ3n) is 2.28. The maximum Gasteiger partial charge on any atom is 0.237 e. The first-order valence-electron chi connectivity index (χ1n) is 4.93. The second-order valence-electron chi connectivity index (χ2n) is 3.94. The highest BCUT2D eigenvalue weighted by atomic mass is 35.5. The fourth-order valence-electron chi connectivity index (χ4n) is 1.44. The number of amides is 1. The van der Waals surface area contributed by atoms with Gasteiger partial charge in [0.25, 0.3) is 0 Å². The van der Waals surface area contributed by atoms with Gasteiger partial charge in [-0.3, -0.25) is 4.79 Å². The van der Waals surface area contributed by atoms with Gasteiger partial charge in [-0.2, -0.15) is 0 Å². The Labute approximate surface area is 109 Å². The van der Waals surface area contributed by atoms with E-state index in [2.05, 4.69) is 10.6 Å². The van der Waals surface area contributed by atoms with Crippen LogP contribution in [0.5, 0.6) is 0 Å². The van der Waals surface area contributed by atoms with Crippen LogP contribution < -0.4 is 10.6 Å². The Bertz CT molecular complexity index is 205. The lowest BCUT2D eigenvalue weighted by atomic mass is 10.2. The minimum Gasteiger partial charge on any atom is -0.392 e. The smallest absolute Gasteiger partial charge is 0.237 e. The zero-order chi connectivity index (χ0) is 10.6. The van der Waals surface area contributed by atoms with Gasteiger partial charge in [-0.05, 0) is 20.5 Å². The summed E-state index contributed by atoms with van der Waals surface area (Å²) in [6.07, 6.45) is 0.146. The van der Waals surface area contributed by atoms with Crippen LogP contribution in [0.25, 0.3) is 0 Å². The molecule has 1 fully saturated rings. The summed E-state index contributed by atoms with van der Waals surface area (Å²) in [7, 11) is 3.92. The fourth-order valence-corrected chi connectivity index (χ4v) is 1.44. The summed E-state index contributed by atoms with van der Waals surface area (Å²) in [6.45, 7) is 2.01. The van der Waals surface area contributed by atoms with Crippen molar-refractivity contribution in [3.05, 3.63) is 0 Å². The van der Waals surface area contributed by atoms with Gasteiger partial charge >= 0.3 is 0 Å². The molecule has 0 spiro atoms. The lowest BCUT2D eigenvalue weighted by molar-refractivity contribution is -0.122. The molecule has 1 aliphatic heterocycles. The van der Waals surface area contributed by atoms with Gasteiger partial charge in [-0.1, -0.05) is 0 Å². The highest BCUT2D eigenvalue weighted by Gasteiger charge is 2.27. The molecule has 2 atom stereocenters. The summed E-state index contributed by atoms with van der Waals surface area (Å²) in [5, 5.41) is 15.0. The summed E-state index contributed by atoms with van der Waals surface area (Å²) >= 11 is 0. The largest absolute Gasteiger partial charge is 0.392 e. The van der Waals surface area contributed by atoms with Crippen molar-refractivity contribution in [3.8, 4) is 0 Å².